The van der Waals surface area contributed by atoms with E-state index in [0.29, 0.717) is 5.92 Å². The van der Waals surface area contributed by atoms with Crippen LogP contribution in [0.3, 0.4) is 0 Å². The van der Waals surface area contributed by atoms with Gasteiger partial charge in [0.25, 0.3) is 5.82 Å². The summed E-state index contributed by atoms with van der Waals surface area (Å²) >= 11 is 1.95. The molecule has 0 aliphatic carbocycles. The third-order valence-electron chi connectivity index (χ3n) is 15.0. The fourth-order valence-corrected chi connectivity index (χ4v) is 14.6. The highest BCUT2D eigenvalue weighted by Crippen LogP contribution is 2.47. The topological polar surface area (TPSA) is 25.6 Å². The molecule has 1 aliphatic rings. The summed E-state index contributed by atoms with van der Waals surface area (Å²) in [6, 6.07) is 39.8. The predicted molar refractivity (Wildman–Crippen MR) is 298 cm³/mol. The summed E-state index contributed by atoms with van der Waals surface area (Å²) in [7, 11) is 0.591. The van der Waals surface area contributed by atoms with Crippen molar-refractivity contribution in [3.8, 4) is 39.5 Å². The Morgan fingerprint density at radius 1 is 0.783 bits per heavy atom. The molecule has 0 amide bonds. The monoisotopic (exact) mass is 943 g/mol. The van der Waals surface area contributed by atoms with E-state index in [2.05, 4.69) is 224 Å². The molecule has 0 bridgehead atoms. The number of pyridine rings is 2. The van der Waals surface area contributed by atoms with Crippen LogP contribution >= 0.6 is 11.3 Å². The molecule has 2 unspecified atom stereocenters. The second kappa shape index (κ2) is 18.1. The SMILES string of the molecule is C=CC1C(CCc2ccc3c(sc4ccc(C)cc43)c2-c2n(-c3c(C(C)C)cc(-c4ccccc4)cc3C(C)C)c3cnccc3[n+]2C)c2cc(C)ccc2-c2cc(CC(C)C)c([Si](C)(C)C)c[n+]21. The van der Waals surface area contributed by atoms with Crippen molar-refractivity contribution in [3.05, 3.63) is 173 Å². The largest absolute Gasteiger partial charge is 0.296 e. The Bertz CT molecular complexity index is 3420. The number of benzene rings is 5. The lowest BCUT2D eigenvalue weighted by atomic mass is 9.78. The van der Waals surface area contributed by atoms with Crippen molar-refractivity contribution in [2.75, 3.05) is 0 Å². The summed E-state index contributed by atoms with van der Waals surface area (Å²) in [5, 5.41) is 4.23. The maximum Gasteiger partial charge on any atom is 0.296 e. The molecule has 5 aromatic carbocycles. The number of nitrogens with zero attached hydrogens (tertiary/aromatic N) is 4. The molecule has 0 saturated heterocycles. The van der Waals surface area contributed by atoms with E-state index in [1.165, 1.54) is 104 Å². The molecule has 350 valence electrons. The van der Waals surface area contributed by atoms with Crippen molar-refractivity contribution >= 4 is 55.8 Å². The molecule has 2 atom stereocenters. The fourth-order valence-electron chi connectivity index (χ4n) is 11.7. The van der Waals surface area contributed by atoms with Gasteiger partial charge in [-0.15, -0.1) is 11.3 Å². The van der Waals surface area contributed by atoms with Crippen molar-refractivity contribution in [1.82, 2.24) is 9.55 Å². The summed E-state index contributed by atoms with van der Waals surface area (Å²) in [5.74, 6) is 2.57. The van der Waals surface area contributed by atoms with E-state index in [-0.39, 0.29) is 23.8 Å². The number of rotatable bonds is 12. The molecule has 69 heavy (non-hydrogen) atoms. The van der Waals surface area contributed by atoms with Gasteiger partial charge in [0.05, 0.1) is 37.5 Å². The van der Waals surface area contributed by atoms with Crippen LogP contribution in [0.4, 0.5) is 0 Å². The van der Waals surface area contributed by atoms with E-state index in [4.69, 9.17) is 4.98 Å². The molecular formula is C63H70N4SSi+2. The number of aryl methyl sites for hydroxylation is 4. The first-order valence-electron chi connectivity index (χ1n) is 25.4. The van der Waals surface area contributed by atoms with Gasteiger partial charge in [-0.3, -0.25) is 4.98 Å². The number of aromatic nitrogens is 4. The summed E-state index contributed by atoms with van der Waals surface area (Å²) in [6.07, 6.45) is 11.8. The van der Waals surface area contributed by atoms with Gasteiger partial charge in [0.1, 0.15) is 5.69 Å². The lowest BCUT2D eigenvalue weighted by Gasteiger charge is -2.32. The minimum absolute atomic E-state index is 0.121. The molecule has 0 N–H and O–H groups in total. The highest BCUT2D eigenvalue weighted by molar-refractivity contribution is 7.26. The lowest BCUT2D eigenvalue weighted by Crippen LogP contribution is -2.53. The van der Waals surface area contributed by atoms with E-state index in [0.717, 1.165) is 24.8 Å². The number of fused-ring (bicyclic) bond motifs is 7. The van der Waals surface area contributed by atoms with E-state index in [1.807, 2.05) is 17.5 Å². The summed E-state index contributed by atoms with van der Waals surface area (Å²) in [5.41, 5.74) is 19.7. The first kappa shape index (κ1) is 46.8. The number of imidazole rings is 1. The minimum Gasteiger partial charge on any atom is -0.260 e. The van der Waals surface area contributed by atoms with E-state index in [1.54, 1.807) is 5.19 Å². The Labute approximate surface area is 416 Å². The van der Waals surface area contributed by atoms with Crippen LogP contribution in [0.1, 0.15) is 111 Å². The molecule has 10 rings (SSSR count). The van der Waals surface area contributed by atoms with Gasteiger partial charge in [0.2, 0.25) is 5.69 Å². The Kier molecular flexibility index (Phi) is 12.3. The maximum atomic E-state index is 4.85. The highest BCUT2D eigenvalue weighted by atomic mass is 32.1. The Hall–Kier alpha value is -5.95. The zero-order chi connectivity index (χ0) is 48.6. The van der Waals surface area contributed by atoms with Crippen molar-refractivity contribution in [2.45, 2.75) is 118 Å². The van der Waals surface area contributed by atoms with Crippen LogP contribution in [0.15, 0.2) is 134 Å². The zero-order valence-electron chi connectivity index (χ0n) is 43.0. The summed E-state index contributed by atoms with van der Waals surface area (Å²) in [4.78, 5) is 4.85. The Balaban J connectivity index is 1.22. The Morgan fingerprint density at radius 2 is 1.49 bits per heavy atom. The minimum atomic E-state index is -1.69. The van der Waals surface area contributed by atoms with Crippen molar-refractivity contribution in [3.63, 3.8) is 0 Å². The first-order chi connectivity index (χ1) is 33.0. The normalized spacial score (nSPS) is 15.0. The third-order valence-corrected chi connectivity index (χ3v) is 18.2. The molecule has 0 radical (unpaired) electrons. The lowest BCUT2D eigenvalue weighted by molar-refractivity contribution is -0.706. The highest BCUT2D eigenvalue weighted by Gasteiger charge is 2.41. The number of hydrogen-bond donors (Lipinski definition) is 0. The van der Waals surface area contributed by atoms with Crippen molar-refractivity contribution < 1.29 is 9.13 Å². The molecular weight excluding hydrogens is 873 g/mol. The molecule has 6 heteroatoms. The average molecular weight is 943 g/mol. The maximum absolute atomic E-state index is 4.85. The van der Waals surface area contributed by atoms with Crippen LogP contribution in [-0.4, -0.2) is 17.6 Å². The summed E-state index contributed by atoms with van der Waals surface area (Å²) < 4.78 is 10.4. The van der Waals surface area contributed by atoms with Gasteiger partial charge in [0, 0.05) is 55.7 Å². The number of hydrogen-bond acceptors (Lipinski definition) is 2. The average Bonchev–Trinajstić information content (AvgIpc) is 3.83. The van der Waals surface area contributed by atoms with Gasteiger partial charge in [-0.25, -0.2) is 4.57 Å². The Morgan fingerprint density at radius 3 is 2.17 bits per heavy atom. The summed E-state index contributed by atoms with van der Waals surface area (Å²) in [6.45, 7) is 30.8. The van der Waals surface area contributed by atoms with Crippen LogP contribution in [-0.2, 0) is 19.9 Å². The van der Waals surface area contributed by atoms with Crippen LogP contribution in [0, 0.1) is 19.8 Å². The van der Waals surface area contributed by atoms with Gasteiger partial charge in [0.15, 0.2) is 23.3 Å². The van der Waals surface area contributed by atoms with Crippen molar-refractivity contribution in [2.24, 2.45) is 13.0 Å². The van der Waals surface area contributed by atoms with Gasteiger partial charge in [-0.2, -0.15) is 9.13 Å². The van der Waals surface area contributed by atoms with Gasteiger partial charge >= 0.3 is 0 Å². The number of allylic oxidation sites excluding steroid dienone is 1. The molecule has 0 spiro atoms. The van der Waals surface area contributed by atoms with Crippen LogP contribution < -0.4 is 14.3 Å². The smallest absolute Gasteiger partial charge is 0.260 e. The second-order valence-electron chi connectivity index (χ2n) is 22.2. The second-order valence-corrected chi connectivity index (χ2v) is 28.2. The first-order valence-corrected chi connectivity index (χ1v) is 29.7. The van der Waals surface area contributed by atoms with Crippen LogP contribution in [0.2, 0.25) is 19.6 Å². The van der Waals surface area contributed by atoms with E-state index >= 15 is 0 Å². The standard InChI is InChI=1S/C63H70N4SSi/c1-14-54-47(52-31-41(8)20-24-48(52)56-35-46(30-38(2)3)59(37-66(54)56)69(11,12)13)25-22-44-23-26-49-53-32-42(9)21-27-58(53)68-62(49)60(44)63-65(10)55-28-29-64-36-57(55)67(63)61-50(39(4)5)33-45(34-51(61)40(6)7)43-18-16-15-17-19-43/h14-21,23-24,26-29,31-40,47,54H,1,22,25,30H2,2-13H3/q+2. The van der Waals surface area contributed by atoms with Gasteiger partial charge in [-0.05, 0) is 115 Å². The molecule has 0 saturated carbocycles. The molecule has 0 fully saturated rings. The van der Waals surface area contributed by atoms with E-state index < -0.39 is 8.07 Å². The molecule has 4 nitrogen and oxygen atoms in total. The van der Waals surface area contributed by atoms with Crippen molar-refractivity contribution in [1.29, 1.82) is 0 Å². The molecule has 9 aromatic rings. The van der Waals surface area contributed by atoms with Gasteiger partial charge < -0.3 is 0 Å². The molecule has 1 aliphatic heterocycles. The van der Waals surface area contributed by atoms with Gasteiger partial charge in [-0.1, -0.05) is 140 Å². The fraction of sp³-hybridized carbons (Fsp3) is 0.317. The number of thiophene rings is 1. The predicted octanol–water partition coefficient (Wildman–Crippen LogP) is 15.6. The third kappa shape index (κ3) is 8.21. The molecule has 4 aromatic heterocycles. The van der Waals surface area contributed by atoms with Crippen LogP contribution in [0.5, 0.6) is 0 Å². The quantitative estimate of drug-likeness (QED) is 0.0681. The van der Waals surface area contributed by atoms with E-state index in [9.17, 15) is 0 Å². The molecule has 5 heterocycles. The van der Waals surface area contributed by atoms with Crippen LogP contribution in [0.25, 0.3) is 70.7 Å². The zero-order valence-corrected chi connectivity index (χ0v) is 44.9.